The molecule has 0 aromatic carbocycles. The number of ether oxygens (including phenoxy) is 1. The largest absolute Gasteiger partial charge is 0.378 e. The molecule has 0 atom stereocenters. The molecular weight excluding hydrogens is 194 g/mol. The van der Waals surface area contributed by atoms with E-state index in [2.05, 4.69) is 15.5 Å². The fourth-order valence-electron chi connectivity index (χ4n) is 1.79. The molecule has 0 amide bonds. The molecule has 5 nitrogen and oxygen atoms in total. The van der Waals surface area contributed by atoms with Crippen LogP contribution < -0.4 is 5.32 Å². The maximum atomic E-state index is 5.48. The number of hydrogen-bond donors (Lipinski definition) is 1. The van der Waals surface area contributed by atoms with Gasteiger partial charge in [0.1, 0.15) is 0 Å². The Bertz CT molecular complexity index is 270. The minimum absolute atomic E-state index is 0.468. The second kappa shape index (κ2) is 5.23. The Morgan fingerprint density at radius 2 is 2.47 bits per heavy atom. The lowest BCUT2D eigenvalue weighted by molar-refractivity contribution is -0.00968. The smallest absolute Gasteiger partial charge is 0.227 e. The van der Waals surface area contributed by atoms with Gasteiger partial charge in [0.25, 0.3) is 0 Å². The Labute approximate surface area is 89.2 Å². The van der Waals surface area contributed by atoms with Crippen molar-refractivity contribution in [2.75, 3.05) is 13.2 Å². The van der Waals surface area contributed by atoms with Crippen LogP contribution >= 0.6 is 0 Å². The minimum atomic E-state index is 0.468. The summed E-state index contributed by atoms with van der Waals surface area (Å²) in [4.78, 5) is 3.96. The average molecular weight is 211 g/mol. The topological polar surface area (TPSA) is 60.2 Å². The fourth-order valence-corrected chi connectivity index (χ4v) is 1.79. The van der Waals surface area contributed by atoms with Crippen LogP contribution in [0, 0.1) is 0 Å². The Balaban J connectivity index is 1.53. The van der Waals surface area contributed by atoms with Crippen molar-refractivity contribution in [1.82, 2.24) is 15.5 Å². The highest BCUT2D eigenvalue weighted by Crippen LogP contribution is 2.22. The summed E-state index contributed by atoms with van der Waals surface area (Å²) < 4.78 is 10.4. The fraction of sp³-hybridized carbons (Fsp3) is 0.800. The molecule has 1 heterocycles. The zero-order chi connectivity index (χ0) is 10.5. The first-order valence-electron chi connectivity index (χ1n) is 5.49. The van der Waals surface area contributed by atoms with Crippen LogP contribution in [0.4, 0.5) is 0 Å². The third kappa shape index (κ3) is 3.00. The van der Waals surface area contributed by atoms with E-state index >= 15 is 0 Å². The highest BCUT2D eigenvalue weighted by Gasteiger charge is 2.28. The summed E-state index contributed by atoms with van der Waals surface area (Å²) in [5, 5.41) is 6.99. The molecule has 0 unspecified atom stereocenters. The van der Waals surface area contributed by atoms with Gasteiger partial charge in [-0.15, -0.1) is 0 Å². The summed E-state index contributed by atoms with van der Waals surface area (Å²) in [7, 11) is 0. The molecular formula is C10H17N3O2. The summed E-state index contributed by atoms with van der Waals surface area (Å²) in [6, 6.07) is 0.601. The summed E-state index contributed by atoms with van der Waals surface area (Å²) in [5.74, 6) is 0.697. The maximum Gasteiger partial charge on any atom is 0.227 e. The van der Waals surface area contributed by atoms with E-state index in [1.807, 2.05) is 6.92 Å². The van der Waals surface area contributed by atoms with E-state index in [1.165, 1.54) is 6.33 Å². The van der Waals surface area contributed by atoms with Gasteiger partial charge in [0.05, 0.1) is 6.10 Å². The van der Waals surface area contributed by atoms with Crippen molar-refractivity contribution in [2.45, 2.75) is 38.3 Å². The van der Waals surface area contributed by atoms with Gasteiger partial charge < -0.3 is 14.6 Å². The van der Waals surface area contributed by atoms with Gasteiger partial charge in [-0.25, -0.2) is 0 Å². The highest BCUT2D eigenvalue weighted by molar-refractivity contribution is 4.87. The number of nitrogens with zero attached hydrogens (tertiary/aromatic N) is 2. The molecule has 1 fully saturated rings. The molecule has 0 saturated heterocycles. The normalized spacial score (nSPS) is 25.1. The van der Waals surface area contributed by atoms with Crippen molar-refractivity contribution in [3.05, 3.63) is 12.2 Å². The van der Waals surface area contributed by atoms with E-state index in [9.17, 15) is 0 Å². The maximum absolute atomic E-state index is 5.48. The predicted molar refractivity (Wildman–Crippen MR) is 54.4 cm³/mol. The Morgan fingerprint density at radius 3 is 3.13 bits per heavy atom. The summed E-state index contributed by atoms with van der Waals surface area (Å²) in [6.45, 7) is 3.75. The molecule has 84 valence electrons. The van der Waals surface area contributed by atoms with Gasteiger partial charge in [-0.1, -0.05) is 5.16 Å². The molecule has 1 aromatic heterocycles. The van der Waals surface area contributed by atoms with Gasteiger partial charge in [-0.05, 0) is 19.8 Å². The summed E-state index contributed by atoms with van der Waals surface area (Å²) in [5.41, 5.74) is 0. The Kier molecular flexibility index (Phi) is 3.69. The van der Waals surface area contributed by atoms with Crippen molar-refractivity contribution in [3.8, 4) is 0 Å². The van der Waals surface area contributed by atoms with Gasteiger partial charge >= 0.3 is 0 Å². The SMILES string of the molecule is CCOC1CC(NCCc2ncno2)C1. The van der Waals surface area contributed by atoms with Gasteiger partial charge in [0, 0.05) is 25.6 Å². The molecule has 0 spiro atoms. The van der Waals surface area contributed by atoms with E-state index in [0.29, 0.717) is 18.0 Å². The number of nitrogens with one attached hydrogen (secondary N) is 1. The first-order chi connectivity index (χ1) is 7.38. The van der Waals surface area contributed by atoms with Crippen molar-refractivity contribution >= 4 is 0 Å². The van der Waals surface area contributed by atoms with Crippen LogP contribution in [0.2, 0.25) is 0 Å². The van der Waals surface area contributed by atoms with Crippen LogP contribution in [-0.2, 0) is 11.2 Å². The third-order valence-corrected chi connectivity index (χ3v) is 2.68. The molecule has 1 aliphatic carbocycles. The van der Waals surface area contributed by atoms with Gasteiger partial charge in [0.2, 0.25) is 5.89 Å². The van der Waals surface area contributed by atoms with Crippen molar-refractivity contribution in [3.63, 3.8) is 0 Å². The summed E-state index contributed by atoms with van der Waals surface area (Å²) in [6.07, 6.45) is 4.95. The lowest BCUT2D eigenvalue weighted by atomic mass is 9.89. The van der Waals surface area contributed by atoms with Crippen molar-refractivity contribution in [2.24, 2.45) is 0 Å². The van der Waals surface area contributed by atoms with Crippen LogP contribution in [0.3, 0.4) is 0 Å². The van der Waals surface area contributed by atoms with Crippen LogP contribution in [0.5, 0.6) is 0 Å². The molecule has 2 rings (SSSR count). The van der Waals surface area contributed by atoms with Crippen LogP contribution in [0.15, 0.2) is 10.9 Å². The molecule has 1 aliphatic rings. The number of rotatable bonds is 6. The lowest BCUT2D eigenvalue weighted by Gasteiger charge is -2.35. The molecule has 0 radical (unpaired) electrons. The second-order valence-electron chi connectivity index (χ2n) is 3.78. The lowest BCUT2D eigenvalue weighted by Crippen LogP contribution is -2.46. The highest BCUT2D eigenvalue weighted by atomic mass is 16.5. The van der Waals surface area contributed by atoms with Crippen LogP contribution in [0.25, 0.3) is 0 Å². The van der Waals surface area contributed by atoms with Gasteiger partial charge in [-0.3, -0.25) is 0 Å². The number of aromatic nitrogens is 2. The monoisotopic (exact) mass is 211 g/mol. The van der Waals surface area contributed by atoms with E-state index < -0.39 is 0 Å². The standard InChI is InChI=1S/C10H17N3O2/c1-2-14-9-5-8(6-9)11-4-3-10-12-7-13-15-10/h7-9,11H,2-6H2,1H3. The van der Waals surface area contributed by atoms with Gasteiger partial charge in [0.15, 0.2) is 6.33 Å². The predicted octanol–water partition coefficient (Wildman–Crippen LogP) is 0.769. The average Bonchev–Trinajstić information content (AvgIpc) is 2.66. The minimum Gasteiger partial charge on any atom is -0.378 e. The molecule has 1 saturated carbocycles. The zero-order valence-corrected chi connectivity index (χ0v) is 8.98. The van der Waals surface area contributed by atoms with Gasteiger partial charge in [-0.2, -0.15) is 4.98 Å². The quantitative estimate of drug-likeness (QED) is 0.753. The zero-order valence-electron chi connectivity index (χ0n) is 8.98. The summed E-state index contributed by atoms with van der Waals surface area (Å²) >= 11 is 0. The third-order valence-electron chi connectivity index (χ3n) is 2.68. The molecule has 15 heavy (non-hydrogen) atoms. The molecule has 1 N–H and O–H groups in total. The van der Waals surface area contributed by atoms with E-state index in [0.717, 1.165) is 32.4 Å². The molecule has 0 aliphatic heterocycles. The Hall–Kier alpha value is -0.940. The van der Waals surface area contributed by atoms with E-state index in [4.69, 9.17) is 9.26 Å². The van der Waals surface area contributed by atoms with Crippen LogP contribution in [-0.4, -0.2) is 35.4 Å². The first-order valence-corrected chi connectivity index (χ1v) is 5.49. The van der Waals surface area contributed by atoms with E-state index in [-0.39, 0.29) is 0 Å². The molecule has 1 aromatic rings. The van der Waals surface area contributed by atoms with Crippen LogP contribution in [0.1, 0.15) is 25.7 Å². The Morgan fingerprint density at radius 1 is 1.60 bits per heavy atom. The van der Waals surface area contributed by atoms with Crippen molar-refractivity contribution in [1.29, 1.82) is 0 Å². The molecule has 0 bridgehead atoms. The first kappa shape index (κ1) is 10.6. The van der Waals surface area contributed by atoms with Crippen molar-refractivity contribution < 1.29 is 9.26 Å². The second-order valence-corrected chi connectivity index (χ2v) is 3.78. The molecule has 5 heteroatoms. The van der Waals surface area contributed by atoms with E-state index in [1.54, 1.807) is 0 Å². The number of hydrogen-bond acceptors (Lipinski definition) is 5.